The molecule has 0 unspecified atom stereocenters. The third-order valence-electron chi connectivity index (χ3n) is 2.63. The van der Waals surface area contributed by atoms with E-state index < -0.39 is 0 Å². The van der Waals surface area contributed by atoms with E-state index >= 15 is 0 Å². The lowest BCUT2D eigenvalue weighted by atomic mass is 10.2. The summed E-state index contributed by atoms with van der Waals surface area (Å²) in [5.41, 5.74) is 1.32. The minimum absolute atomic E-state index is 0.0400. The molecule has 4 nitrogen and oxygen atoms in total. The van der Waals surface area contributed by atoms with E-state index in [0.717, 1.165) is 5.69 Å². The van der Waals surface area contributed by atoms with Crippen molar-refractivity contribution < 1.29 is 4.79 Å². The lowest BCUT2D eigenvalue weighted by molar-refractivity contribution is -0.118. The first-order valence-electron chi connectivity index (χ1n) is 6.04. The number of hydrogen-bond acceptors (Lipinski definition) is 3. The minimum Gasteiger partial charge on any atom is -0.315 e. The lowest BCUT2D eigenvalue weighted by Gasteiger charge is -2.18. The smallest absolute Gasteiger partial charge is 0.227 e. The van der Waals surface area contributed by atoms with Crippen molar-refractivity contribution in [2.75, 3.05) is 18.5 Å². The number of nitrogens with one attached hydrogen (secondary N) is 1. The van der Waals surface area contributed by atoms with Crippen LogP contribution in [0.25, 0.3) is 0 Å². The second-order valence-corrected chi connectivity index (χ2v) is 4.47. The molecule has 18 heavy (non-hydrogen) atoms. The number of carbonyl (C=O) groups is 1. The van der Waals surface area contributed by atoms with Crippen molar-refractivity contribution in [1.29, 1.82) is 5.26 Å². The van der Waals surface area contributed by atoms with Gasteiger partial charge < -0.3 is 10.2 Å². The maximum absolute atomic E-state index is 11.9. The number of hydrogen-bond donors (Lipinski definition) is 1. The standard InChI is InChI=1S/C14H19N3O/c1-11(2)16-8-7-14(18)17(3)13-6-4-5-12(9-13)10-15/h4-6,9,11,16H,7-8H2,1-3H3. The molecule has 0 aliphatic carbocycles. The molecule has 1 aromatic rings. The maximum atomic E-state index is 11.9. The highest BCUT2D eigenvalue weighted by molar-refractivity contribution is 5.93. The van der Waals surface area contributed by atoms with Gasteiger partial charge in [0.25, 0.3) is 0 Å². The second-order valence-electron chi connectivity index (χ2n) is 4.47. The Kier molecular flexibility index (Phi) is 5.34. The van der Waals surface area contributed by atoms with Gasteiger partial charge in [0.2, 0.25) is 5.91 Å². The molecule has 0 atom stereocenters. The highest BCUT2D eigenvalue weighted by atomic mass is 16.2. The van der Waals surface area contributed by atoms with Gasteiger partial charge in [0, 0.05) is 31.7 Å². The van der Waals surface area contributed by atoms with Crippen molar-refractivity contribution >= 4 is 11.6 Å². The summed E-state index contributed by atoms with van der Waals surface area (Å²) in [5, 5.41) is 12.0. The Morgan fingerprint density at radius 2 is 2.22 bits per heavy atom. The van der Waals surface area contributed by atoms with Gasteiger partial charge in [-0.25, -0.2) is 0 Å². The summed E-state index contributed by atoms with van der Waals surface area (Å²) in [6.07, 6.45) is 0.450. The molecule has 0 bridgehead atoms. The molecule has 0 radical (unpaired) electrons. The van der Waals surface area contributed by atoms with E-state index in [2.05, 4.69) is 11.4 Å². The first-order valence-corrected chi connectivity index (χ1v) is 6.04. The molecular formula is C14H19N3O. The van der Waals surface area contributed by atoms with Crippen molar-refractivity contribution in [2.24, 2.45) is 0 Å². The predicted molar refractivity (Wildman–Crippen MR) is 72.3 cm³/mol. The molecular weight excluding hydrogens is 226 g/mol. The third kappa shape index (κ3) is 4.19. The van der Waals surface area contributed by atoms with E-state index in [1.165, 1.54) is 0 Å². The first kappa shape index (κ1) is 14.2. The molecule has 1 amide bonds. The number of carbonyl (C=O) groups excluding carboxylic acids is 1. The van der Waals surface area contributed by atoms with Gasteiger partial charge in [0.15, 0.2) is 0 Å². The number of amides is 1. The van der Waals surface area contributed by atoms with E-state index in [1.807, 2.05) is 19.9 Å². The quantitative estimate of drug-likeness (QED) is 0.862. The van der Waals surface area contributed by atoms with Gasteiger partial charge >= 0.3 is 0 Å². The molecule has 0 aromatic heterocycles. The average Bonchev–Trinajstić information content (AvgIpc) is 2.37. The molecule has 1 rings (SSSR count). The van der Waals surface area contributed by atoms with E-state index in [0.29, 0.717) is 24.6 Å². The third-order valence-corrected chi connectivity index (χ3v) is 2.63. The summed E-state index contributed by atoms with van der Waals surface area (Å²) >= 11 is 0. The van der Waals surface area contributed by atoms with E-state index in [1.54, 1.807) is 30.1 Å². The van der Waals surface area contributed by atoms with Crippen LogP contribution in [0.5, 0.6) is 0 Å². The van der Waals surface area contributed by atoms with Gasteiger partial charge in [0.05, 0.1) is 11.6 Å². The number of nitrogens with zero attached hydrogens (tertiary/aromatic N) is 2. The van der Waals surface area contributed by atoms with Gasteiger partial charge in [-0.1, -0.05) is 19.9 Å². The highest BCUT2D eigenvalue weighted by Gasteiger charge is 2.10. The van der Waals surface area contributed by atoms with Crippen LogP contribution in [0.15, 0.2) is 24.3 Å². The maximum Gasteiger partial charge on any atom is 0.227 e. The molecule has 1 N–H and O–H groups in total. The molecule has 0 aliphatic rings. The van der Waals surface area contributed by atoms with Crippen LogP contribution in [0.4, 0.5) is 5.69 Å². The van der Waals surface area contributed by atoms with Crippen LogP contribution in [0.2, 0.25) is 0 Å². The van der Waals surface area contributed by atoms with Gasteiger partial charge in [-0.15, -0.1) is 0 Å². The van der Waals surface area contributed by atoms with Crippen LogP contribution >= 0.6 is 0 Å². The van der Waals surface area contributed by atoms with Crippen LogP contribution in [-0.4, -0.2) is 25.5 Å². The zero-order valence-corrected chi connectivity index (χ0v) is 11.1. The Balaban J connectivity index is 2.60. The van der Waals surface area contributed by atoms with E-state index in [4.69, 9.17) is 5.26 Å². The summed E-state index contributed by atoms with van der Waals surface area (Å²) in [5.74, 6) is 0.0400. The number of rotatable bonds is 5. The molecule has 4 heteroatoms. The Bertz CT molecular complexity index is 449. The normalized spacial score (nSPS) is 10.2. The molecule has 1 aromatic carbocycles. The Hall–Kier alpha value is -1.86. The zero-order chi connectivity index (χ0) is 13.5. The van der Waals surface area contributed by atoms with Crippen molar-refractivity contribution in [2.45, 2.75) is 26.3 Å². The Morgan fingerprint density at radius 3 is 2.83 bits per heavy atom. The van der Waals surface area contributed by atoms with Crippen LogP contribution in [0.3, 0.4) is 0 Å². The predicted octanol–water partition coefficient (Wildman–Crippen LogP) is 1.91. The summed E-state index contributed by atoms with van der Waals surface area (Å²) < 4.78 is 0. The first-order chi connectivity index (χ1) is 8.54. The Morgan fingerprint density at radius 1 is 1.50 bits per heavy atom. The summed E-state index contributed by atoms with van der Waals surface area (Å²) in [4.78, 5) is 13.5. The number of nitriles is 1. The van der Waals surface area contributed by atoms with Crippen molar-refractivity contribution in [3.05, 3.63) is 29.8 Å². The summed E-state index contributed by atoms with van der Waals surface area (Å²) in [6.45, 7) is 4.76. The van der Waals surface area contributed by atoms with Crippen LogP contribution < -0.4 is 10.2 Å². The molecule has 0 heterocycles. The molecule has 0 saturated heterocycles. The van der Waals surface area contributed by atoms with Gasteiger partial charge in [-0.05, 0) is 18.2 Å². The zero-order valence-electron chi connectivity index (χ0n) is 11.1. The fourth-order valence-electron chi connectivity index (χ4n) is 1.56. The largest absolute Gasteiger partial charge is 0.315 e. The van der Waals surface area contributed by atoms with Crippen LogP contribution in [0.1, 0.15) is 25.8 Å². The summed E-state index contributed by atoms with van der Waals surface area (Å²) in [6, 6.07) is 9.50. The van der Waals surface area contributed by atoms with Crippen molar-refractivity contribution in [3.63, 3.8) is 0 Å². The number of benzene rings is 1. The van der Waals surface area contributed by atoms with Crippen molar-refractivity contribution in [1.82, 2.24) is 5.32 Å². The minimum atomic E-state index is 0.0400. The molecule has 0 aliphatic heterocycles. The van der Waals surface area contributed by atoms with Gasteiger partial charge in [0.1, 0.15) is 0 Å². The van der Waals surface area contributed by atoms with Gasteiger partial charge in [-0.2, -0.15) is 5.26 Å². The topological polar surface area (TPSA) is 56.1 Å². The number of anilines is 1. The molecule has 0 spiro atoms. The summed E-state index contributed by atoms with van der Waals surface area (Å²) in [7, 11) is 1.73. The fraction of sp³-hybridized carbons (Fsp3) is 0.429. The van der Waals surface area contributed by atoms with E-state index in [9.17, 15) is 4.79 Å². The van der Waals surface area contributed by atoms with Crippen LogP contribution in [0, 0.1) is 11.3 Å². The SMILES string of the molecule is CC(C)NCCC(=O)N(C)c1cccc(C#N)c1. The average molecular weight is 245 g/mol. The lowest BCUT2D eigenvalue weighted by Crippen LogP contribution is -2.32. The second kappa shape index (κ2) is 6.77. The van der Waals surface area contributed by atoms with Crippen LogP contribution in [-0.2, 0) is 4.79 Å². The molecule has 0 fully saturated rings. The molecule has 0 saturated carbocycles. The highest BCUT2D eigenvalue weighted by Crippen LogP contribution is 2.15. The van der Waals surface area contributed by atoms with Gasteiger partial charge in [-0.3, -0.25) is 4.79 Å². The van der Waals surface area contributed by atoms with E-state index in [-0.39, 0.29) is 5.91 Å². The molecule has 96 valence electrons. The fourth-order valence-corrected chi connectivity index (χ4v) is 1.56. The van der Waals surface area contributed by atoms with Crippen molar-refractivity contribution in [3.8, 4) is 6.07 Å². The monoisotopic (exact) mass is 245 g/mol. The Labute approximate surface area is 108 Å².